The molecule has 0 saturated heterocycles. The van der Waals surface area contributed by atoms with Crippen molar-refractivity contribution in [1.82, 2.24) is 14.5 Å². The van der Waals surface area contributed by atoms with Crippen molar-refractivity contribution >= 4 is 33.6 Å². The van der Waals surface area contributed by atoms with Crippen LogP contribution in [0.25, 0.3) is 72.5 Å². The van der Waals surface area contributed by atoms with E-state index >= 15 is 0 Å². The second-order valence-electron chi connectivity index (χ2n) is 14.9. The Morgan fingerprint density at radius 1 is 0.386 bits per heavy atom. The predicted molar refractivity (Wildman–Crippen MR) is 234 cm³/mol. The Morgan fingerprint density at radius 3 is 1.74 bits per heavy atom. The number of benzene rings is 8. The fourth-order valence-corrected chi connectivity index (χ4v) is 10.7. The fourth-order valence-electron chi connectivity index (χ4n) is 9.47. The van der Waals surface area contributed by atoms with Gasteiger partial charge in [-0.05, 0) is 75.8 Å². The lowest BCUT2D eigenvalue weighted by atomic mass is 9.67. The molecule has 2 aliphatic rings. The molecule has 0 unspecified atom stereocenters. The van der Waals surface area contributed by atoms with Crippen molar-refractivity contribution in [3.05, 3.63) is 222 Å². The van der Waals surface area contributed by atoms with E-state index in [4.69, 9.17) is 9.97 Å². The number of aromatic nitrogens is 3. The summed E-state index contributed by atoms with van der Waals surface area (Å²) in [6.07, 6.45) is 0. The van der Waals surface area contributed by atoms with Gasteiger partial charge in [0.05, 0.1) is 27.8 Å². The Kier molecular flexibility index (Phi) is 7.08. The Labute approximate surface area is 335 Å². The monoisotopic (exact) mass is 743 g/mol. The summed E-state index contributed by atoms with van der Waals surface area (Å²) in [7, 11) is 0. The van der Waals surface area contributed by atoms with E-state index in [9.17, 15) is 0 Å². The van der Waals surface area contributed by atoms with E-state index in [1.807, 2.05) is 36.0 Å². The van der Waals surface area contributed by atoms with Gasteiger partial charge in [0, 0.05) is 42.9 Å². The highest BCUT2D eigenvalue weighted by Crippen LogP contribution is 2.62. The summed E-state index contributed by atoms with van der Waals surface area (Å²) in [4.78, 5) is 12.8. The molecule has 0 amide bonds. The second-order valence-corrected chi connectivity index (χ2v) is 16.0. The zero-order valence-corrected chi connectivity index (χ0v) is 31.6. The number of hydrogen-bond donors (Lipinski definition) is 0. The van der Waals surface area contributed by atoms with Crippen LogP contribution in [0.4, 0.5) is 0 Å². The molecule has 3 nitrogen and oxygen atoms in total. The number of hydrogen-bond acceptors (Lipinski definition) is 3. The number of nitrogens with zero attached hydrogens (tertiary/aromatic N) is 3. The SMILES string of the molecule is c1ccc(-c2cc(-c3cccc(-n4c5ccccc5c5cc6c(cc54)Sc4ccccc4C64c5ccccc5-c5ccccc54)c3)nc(-c3ccccc3)n2)cc1. The molecular formula is C53H33N3S. The van der Waals surface area contributed by atoms with Gasteiger partial charge < -0.3 is 4.57 Å². The maximum Gasteiger partial charge on any atom is 0.160 e. The molecule has 0 N–H and O–H groups in total. The molecule has 0 saturated carbocycles. The molecule has 1 aliphatic carbocycles. The molecule has 266 valence electrons. The largest absolute Gasteiger partial charge is 0.309 e. The molecule has 3 heterocycles. The van der Waals surface area contributed by atoms with E-state index < -0.39 is 5.41 Å². The van der Waals surface area contributed by atoms with Gasteiger partial charge in [0.1, 0.15) is 0 Å². The lowest BCUT2D eigenvalue weighted by molar-refractivity contribution is 0.724. The Balaban J connectivity index is 1.09. The van der Waals surface area contributed by atoms with E-state index in [2.05, 4.69) is 180 Å². The standard InChI is InChI=1S/C53H33N3S/c1-3-16-34(17-4-1)46-32-47(55-52(54-46)35-18-5-2-6-19-35)36-20-15-21-37(30-36)56-48-28-13-9-24-40(48)41-31-45-51(33-49(41)56)57-50-29-14-12-27-44(50)53(45)42-25-10-7-22-38(42)39-23-8-11-26-43(39)53/h1-33H. The molecule has 0 bridgehead atoms. The molecule has 1 spiro atoms. The first-order chi connectivity index (χ1) is 28.3. The lowest BCUT2D eigenvalue weighted by Gasteiger charge is -2.39. The number of fused-ring (bicyclic) bond motifs is 12. The summed E-state index contributed by atoms with van der Waals surface area (Å²) < 4.78 is 2.44. The minimum atomic E-state index is -0.429. The van der Waals surface area contributed by atoms with Crippen LogP contribution in [0.1, 0.15) is 22.3 Å². The maximum absolute atomic E-state index is 5.18. The van der Waals surface area contributed by atoms with Crippen LogP contribution in [0, 0.1) is 0 Å². The molecule has 8 aromatic carbocycles. The van der Waals surface area contributed by atoms with E-state index in [1.165, 1.54) is 65.0 Å². The Morgan fingerprint density at radius 2 is 0.982 bits per heavy atom. The van der Waals surface area contributed by atoms with Crippen LogP contribution < -0.4 is 0 Å². The summed E-state index contributed by atoms with van der Waals surface area (Å²) in [5, 5.41) is 2.48. The lowest BCUT2D eigenvalue weighted by Crippen LogP contribution is -2.31. The highest BCUT2D eigenvalue weighted by molar-refractivity contribution is 7.99. The molecule has 2 aromatic heterocycles. The first kappa shape index (κ1) is 32.3. The predicted octanol–water partition coefficient (Wildman–Crippen LogP) is 13.4. The van der Waals surface area contributed by atoms with Crippen LogP contribution in [-0.4, -0.2) is 14.5 Å². The first-order valence-electron chi connectivity index (χ1n) is 19.4. The minimum absolute atomic E-state index is 0.429. The molecule has 0 radical (unpaired) electrons. The highest BCUT2D eigenvalue weighted by atomic mass is 32.2. The van der Waals surface area contributed by atoms with Crippen molar-refractivity contribution in [3.63, 3.8) is 0 Å². The summed E-state index contributed by atoms with van der Waals surface area (Å²) in [6.45, 7) is 0. The summed E-state index contributed by atoms with van der Waals surface area (Å²) in [6, 6.07) is 72.5. The summed E-state index contributed by atoms with van der Waals surface area (Å²) in [5.41, 5.74) is 15.9. The molecule has 1 aliphatic heterocycles. The minimum Gasteiger partial charge on any atom is -0.309 e. The van der Waals surface area contributed by atoms with Crippen molar-refractivity contribution in [2.24, 2.45) is 0 Å². The van der Waals surface area contributed by atoms with E-state index in [0.717, 1.165) is 33.8 Å². The van der Waals surface area contributed by atoms with Gasteiger partial charge in [0.2, 0.25) is 0 Å². The van der Waals surface area contributed by atoms with Gasteiger partial charge in [0.25, 0.3) is 0 Å². The van der Waals surface area contributed by atoms with Gasteiger partial charge in [-0.1, -0.05) is 169 Å². The topological polar surface area (TPSA) is 30.7 Å². The Hall–Kier alpha value is -7.01. The molecule has 0 fully saturated rings. The van der Waals surface area contributed by atoms with Crippen LogP contribution in [0.2, 0.25) is 0 Å². The molecular weight excluding hydrogens is 711 g/mol. The van der Waals surface area contributed by atoms with E-state index in [-0.39, 0.29) is 0 Å². The zero-order valence-electron chi connectivity index (χ0n) is 30.8. The first-order valence-corrected chi connectivity index (χ1v) is 20.2. The van der Waals surface area contributed by atoms with Gasteiger partial charge in [-0.2, -0.15) is 0 Å². The number of rotatable bonds is 4. The van der Waals surface area contributed by atoms with Gasteiger partial charge >= 0.3 is 0 Å². The van der Waals surface area contributed by atoms with Gasteiger partial charge in [-0.15, -0.1) is 0 Å². The molecule has 10 aromatic rings. The van der Waals surface area contributed by atoms with Crippen LogP contribution in [-0.2, 0) is 5.41 Å². The molecule has 4 heteroatoms. The summed E-state index contributed by atoms with van der Waals surface area (Å²) >= 11 is 1.89. The van der Waals surface area contributed by atoms with Crippen LogP contribution in [0.15, 0.2) is 210 Å². The third kappa shape index (κ3) is 4.74. The zero-order chi connectivity index (χ0) is 37.5. The molecule has 57 heavy (non-hydrogen) atoms. The molecule has 0 atom stereocenters. The van der Waals surface area contributed by atoms with Crippen molar-refractivity contribution in [2.75, 3.05) is 0 Å². The molecule has 12 rings (SSSR count). The maximum atomic E-state index is 5.18. The van der Waals surface area contributed by atoms with E-state index in [1.54, 1.807) is 0 Å². The average Bonchev–Trinajstić information content (AvgIpc) is 3.76. The van der Waals surface area contributed by atoms with Gasteiger partial charge in [-0.25, -0.2) is 9.97 Å². The third-order valence-electron chi connectivity index (χ3n) is 11.9. The van der Waals surface area contributed by atoms with E-state index in [0.29, 0.717) is 5.82 Å². The van der Waals surface area contributed by atoms with Crippen LogP contribution in [0.5, 0.6) is 0 Å². The normalized spacial score (nSPS) is 13.3. The van der Waals surface area contributed by atoms with Crippen molar-refractivity contribution in [1.29, 1.82) is 0 Å². The van der Waals surface area contributed by atoms with Crippen LogP contribution in [0.3, 0.4) is 0 Å². The highest BCUT2D eigenvalue weighted by Gasteiger charge is 2.50. The van der Waals surface area contributed by atoms with Crippen LogP contribution >= 0.6 is 11.8 Å². The quantitative estimate of drug-likeness (QED) is 0.180. The number of para-hydroxylation sites is 1. The van der Waals surface area contributed by atoms with Crippen molar-refractivity contribution in [2.45, 2.75) is 15.2 Å². The smallest absolute Gasteiger partial charge is 0.160 e. The van der Waals surface area contributed by atoms with Crippen molar-refractivity contribution < 1.29 is 0 Å². The fraction of sp³-hybridized carbons (Fsp3) is 0.0189. The summed E-state index contributed by atoms with van der Waals surface area (Å²) in [5.74, 6) is 0.710. The second kappa shape index (κ2) is 12.5. The Bertz CT molecular complexity index is 3120. The third-order valence-corrected chi connectivity index (χ3v) is 13.0. The van der Waals surface area contributed by atoms with Crippen molar-refractivity contribution in [3.8, 4) is 50.7 Å². The van der Waals surface area contributed by atoms with Gasteiger partial charge in [-0.3, -0.25) is 0 Å². The van der Waals surface area contributed by atoms with Gasteiger partial charge in [0.15, 0.2) is 5.82 Å². The average molecular weight is 744 g/mol.